The third kappa shape index (κ3) is 2.40. The second kappa shape index (κ2) is 4.37. The Morgan fingerprint density at radius 1 is 1.13 bits per heavy atom. The quantitative estimate of drug-likeness (QED) is 0.754. The zero-order valence-corrected chi connectivity index (χ0v) is 8.04. The maximum absolute atomic E-state index is 9.73. The van der Waals surface area contributed by atoms with Gasteiger partial charge in [-0.25, -0.2) is 4.98 Å². The first-order valence-corrected chi connectivity index (χ1v) is 4.58. The number of aliphatic hydroxyl groups is 1. The standard InChI is InChI=1S/C12H10N2O/c15-12(11-9-13-6-7-14-11)8-10-4-2-1-3-5-10/h1-9,15H/b12-8-. The molecule has 15 heavy (non-hydrogen) atoms. The van der Waals surface area contributed by atoms with E-state index in [1.54, 1.807) is 18.5 Å². The normalized spacial score (nSPS) is 11.3. The Hall–Kier alpha value is -2.16. The number of aromatic nitrogens is 2. The van der Waals surface area contributed by atoms with Crippen LogP contribution in [0.25, 0.3) is 11.8 Å². The van der Waals surface area contributed by atoms with Crippen LogP contribution in [0.1, 0.15) is 11.3 Å². The van der Waals surface area contributed by atoms with E-state index in [2.05, 4.69) is 9.97 Å². The average molecular weight is 198 g/mol. The van der Waals surface area contributed by atoms with Gasteiger partial charge in [0.25, 0.3) is 0 Å². The van der Waals surface area contributed by atoms with Gasteiger partial charge in [-0.1, -0.05) is 30.3 Å². The van der Waals surface area contributed by atoms with Crippen molar-refractivity contribution >= 4 is 11.8 Å². The molecule has 0 unspecified atom stereocenters. The Kier molecular flexibility index (Phi) is 2.74. The molecule has 0 bridgehead atoms. The maximum atomic E-state index is 9.73. The van der Waals surface area contributed by atoms with Crippen LogP contribution in [0.3, 0.4) is 0 Å². The van der Waals surface area contributed by atoms with Crippen molar-refractivity contribution in [3.8, 4) is 0 Å². The summed E-state index contributed by atoms with van der Waals surface area (Å²) in [6.45, 7) is 0. The van der Waals surface area contributed by atoms with Gasteiger partial charge in [0.1, 0.15) is 11.5 Å². The summed E-state index contributed by atoms with van der Waals surface area (Å²) in [5, 5.41) is 9.73. The second-order valence-corrected chi connectivity index (χ2v) is 3.03. The van der Waals surface area contributed by atoms with Crippen molar-refractivity contribution < 1.29 is 5.11 Å². The molecule has 2 aromatic rings. The molecule has 0 aliphatic rings. The summed E-state index contributed by atoms with van der Waals surface area (Å²) in [4.78, 5) is 7.88. The van der Waals surface area contributed by atoms with Gasteiger partial charge in [-0.05, 0) is 11.6 Å². The summed E-state index contributed by atoms with van der Waals surface area (Å²) in [6, 6.07) is 9.57. The van der Waals surface area contributed by atoms with E-state index < -0.39 is 0 Å². The van der Waals surface area contributed by atoms with Crippen molar-refractivity contribution in [1.29, 1.82) is 0 Å². The van der Waals surface area contributed by atoms with Gasteiger partial charge in [0.05, 0.1) is 6.20 Å². The number of hydrogen-bond donors (Lipinski definition) is 1. The van der Waals surface area contributed by atoms with E-state index in [4.69, 9.17) is 0 Å². The van der Waals surface area contributed by atoms with Crippen molar-refractivity contribution in [2.24, 2.45) is 0 Å². The van der Waals surface area contributed by atoms with Crippen LogP contribution in [-0.2, 0) is 0 Å². The Bertz CT molecular complexity index is 452. The molecular formula is C12H10N2O. The van der Waals surface area contributed by atoms with E-state index in [0.29, 0.717) is 5.69 Å². The fourth-order valence-corrected chi connectivity index (χ4v) is 1.21. The maximum Gasteiger partial charge on any atom is 0.143 e. The van der Waals surface area contributed by atoms with Crippen molar-refractivity contribution in [2.75, 3.05) is 0 Å². The topological polar surface area (TPSA) is 46.0 Å². The molecular weight excluding hydrogens is 188 g/mol. The van der Waals surface area contributed by atoms with E-state index in [-0.39, 0.29) is 5.76 Å². The highest BCUT2D eigenvalue weighted by Crippen LogP contribution is 2.11. The molecule has 1 heterocycles. The van der Waals surface area contributed by atoms with Gasteiger partial charge >= 0.3 is 0 Å². The molecule has 1 aromatic carbocycles. The molecule has 3 heteroatoms. The highest BCUT2D eigenvalue weighted by atomic mass is 16.3. The zero-order chi connectivity index (χ0) is 10.5. The predicted molar refractivity (Wildman–Crippen MR) is 59.0 cm³/mol. The molecule has 1 aromatic heterocycles. The number of hydrogen-bond acceptors (Lipinski definition) is 3. The SMILES string of the molecule is O/C(=C\c1ccccc1)c1cnccn1. The first kappa shape index (κ1) is 9.40. The summed E-state index contributed by atoms with van der Waals surface area (Å²) in [5.74, 6) is 0.120. The molecule has 0 saturated heterocycles. The second-order valence-electron chi connectivity index (χ2n) is 3.03. The van der Waals surface area contributed by atoms with Crippen molar-refractivity contribution in [3.63, 3.8) is 0 Å². The number of aliphatic hydroxyl groups excluding tert-OH is 1. The molecule has 0 spiro atoms. The number of nitrogens with zero attached hydrogens (tertiary/aromatic N) is 2. The van der Waals surface area contributed by atoms with E-state index >= 15 is 0 Å². The molecule has 3 nitrogen and oxygen atoms in total. The van der Waals surface area contributed by atoms with Gasteiger partial charge in [0.15, 0.2) is 0 Å². The van der Waals surface area contributed by atoms with Gasteiger partial charge in [-0.3, -0.25) is 4.98 Å². The summed E-state index contributed by atoms with van der Waals surface area (Å²) >= 11 is 0. The Morgan fingerprint density at radius 2 is 1.93 bits per heavy atom. The Morgan fingerprint density at radius 3 is 2.60 bits per heavy atom. The van der Waals surface area contributed by atoms with Crippen molar-refractivity contribution in [1.82, 2.24) is 9.97 Å². The molecule has 0 aliphatic carbocycles. The molecule has 0 aliphatic heterocycles. The smallest absolute Gasteiger partial charge is 0.143 e. The van der Waals surface area contributed by atoms with Crippen LogP contribution in [0.15, 0.2) is 48.9 Å². The molecule has 0 amide bonds. The Balaban J connectivity index is 2.29. The summed E-state index contributed by atoms with van der Waals surface area (Å²) in [7, 11) is 0. The first-order valence-electron chi connectivity index (χ1n) is 4.58. The highest BCUT2D eigenvalue weighted by molar-refractivity contribution is 5.74. The molecule has 0 fully saturated rings. The van der Waals surface area contributed by atoms with Crippen LogP contribution >= 0.6 is 0 Å². The third-order valence-electron chi connectivity index (χ3n) is 1.93. The lowest BCUT2D eigenvalue weighted by molar-refractivity contribution is 0.511. The van der Waals surface area contributed by atoms with Gasteiger partial charge in [0, 0.05) is 12.4 Å². The minimum atomic E-state index is 0.120. The van der Waals surface area contributed by atoms with Crippen LogP contribution < -0.4 is 0 Å². The van der Waals surface area contributed by atoms with Crippen molar-refractivity contribution in [2.45, 2.75) is 0 Å². The van der Waals surface area contributed by atoms with Crippen LogP contribution in [-0.4, -0.2) is 15.1 Å². The zero-order valence-electron chi connectivity index (χ0n) is 8.04. The third-order valence-corrected chi connectivity index (χ3v) is 1.93. The molecule has 0 saturated carbocycles. The van der Waals surface area contributed by atoms with Gasteiger partial charge < -0.3 is 5.11 Å². The molecule has 2 rings (SSSR count). The number of rotatable bonds is 2. The van der Waals surface area contributed by atoms with Crippen LogP contribution in [0.5, 0.6) is 0 Å². The number of benzene rings is 1. The molecule has 74 valence electrons. The average Bonchev–Trinajstić information content (AvgIpc) is 2.31. The monoisotopic (exact) mass is 198 g/mol. The lowest BCUT2D eigenvalue weighted by atomic mass is 10.2. The van der Waals surface area contributed by atoms with Gasteiger partial charge in [0.2, 0.25) is 0 Å². The van der Waals surface area contributed by atoms with E-state index in [9.17, 15) is 5.11 Å². The van der Waals surface area contributed by atoms with Crippen molar-refractivity contribution in [3.05, 3.63) is 60.2 Å². The Labute approximate surface area is 87.8 Å². The summed E-state index contributed by atoms with van der Waals surface area (Å²) < 4.78 is 0. The van der Waals surface area contributed by atoms with Gasteiger partial charge in [-0.15, -0.1) is 0 Å². The predicted octanol–water partition coefficient (Wildman–Crippen LogP) is 2.53. The minimum absolute atomic E-state index is 0.120. The fourth-order valence-electron chi connectivity index (χ4n) is 1.21. The highest BCUT2D eigenvalue weighted by Gasteiger charge is 1.99. The van der Waals surface area contributed by atoms with Crippen LogP contribution in [0.2, 0.25) is 0 Å². The molecule has 1 N–H and O–H groups in total. The van der Waals surface area contributed by atoms with E-state index in [0.717, 1.165) is 5.56 Å². The minimum Gasteiger partial charge on any atom is -0.506 e. The largest absolute Gasteiger partial charge is 0.506 e. The first-order chi connectivity index (χ1) is 7.36. The fraction of sp³-hybridized carbons (Fsp3) is 0. The lowest BCUT2D eigenvalue weighted by Crippen LogP contribution is -1.88. The summed E-state index contributed by atoms with van der Waals surface area (Å²) in [6.07, 6.45) is 6.29. The van der Waals surface area contributed by atoms with E-state index in [1.165, 1.54) is 6.20 Å². The molecule has 0 atom stereocenters. The summed E-state index contributed by atoms with van der Waals surface area (Å²) in [5.41, 5.74) is 1.40. The molecule has 0 radical (unpaired) electrons. The van der Waals surface area contributed by atoms with Crippen LogP contribution in [0, 0.1) is 0 Å². The lowest BCUT2D eigenvalue weighted by Gasteiger charge is -1.98. The van der Waals surface area contributed by atoms with Gasteiger partial charge in [-0.2, -0.15) is 0 Å². The van der Waals surface area contributed by atoms with Crippen LogP contribution in [0.4, 0.5) is 0 Å². The van der Waals surface area contributed by atoms with E-state index in [1.807, 2.05) is 30.3 Å².